The van der Waals surface area contributed by atoms with Gasteiger partial charge in [0.05, 0.1) is 24.5 Å². The van der Waals surface area contributed by atoms with Crippen molar-refractivity contribution in [2.75, 3.05) is 5.75 Å². The summed E-state index contributed by atoms with van der Waals surface area (Å²) >= 11 is 1.55. The molecule has 1 saturated heterocycles. The number of aromatic nitrogens is 4. The molecule has 0 spiro atoms. The maximum absolute atomic E-state index is 12.6. The van der Waals surface area contributed by atoms with Gasteiger partial charge < -0.3 is 25.2 Å². The summed E-state index contributed by atoms with van der Waals surface area (Å²) in [6.07, 6.45) is -1.05. The van der Waals surface area contributed by atoms with E-state index in [0.717, 1.165) is 44.6 Å². The van der Waals surface area contributed by atoms with Crippen molar-refractivity contribution in [1.82, 2.24) is 30.8 Å². The Morgan fingerprint density at radius 2 is 1.44 bits per heavy atom. The third-order valence-corrected chi connectivity index (χ3v) is 10.2. The van der Waals surface area contributed by atoms with Crippen LogP contribution in [0.5, 0.6) is 0 Å². The van der Waals surface area contributed by atoms with Crippen molar-refractivity contribution in [3.63, 3.8) is 0 Å². The minimum Gasteiger partial charge on any atom is -0.392 e. The van der Waals surface area contributed by atoms with Crippen molar-refractivity contribution >= 4 is 17.8 Å². The van der Waals surface area contributed by atoms with E-state index in [-0.39, 0.29) is 30.8 Å². The molecule has 1 aliphatic rings. The maximum Gasteiger partial charge on any atom is 0.315 e. The third kappa shape index (κ3) is 8.41. The van der Waals surface area contributed by atoms with Crippen LogP contribution in [0.25, 0.3) is 16.8 Å². The highest BCUT2D eigenvalue weighted by Gasteiger charge is 2.38. The summed E-state index contributed by atoms with van der Waals surface area (Å²) in [4.78, 5) is 12.6. The van der Waals surface area contributed by atoms with Crippen LogP contribution in [0.4, 0.5) is 4.79 Å². The van der Waals surface area contributed by atoms with Gasteiger partial charge in [-0.05, 0) is 55.9 Å². The average molecular weight is 713 g/mol. The van der Waals surface area contributed by atoms with Crippen LogP contribution in [0.2, 0.25) is 0 Å². The van der Waals surface area contributed by atoms with E-state index >= 15 is 0 Å². The smallest absolute Gasteiger partial charge is 0.315 e. The van der Waals surface area contributed by atoms with Gasteiger partial charge in [0.1, 0.15) is 0 Å². The molecule has 0 saturated carbocycles. The number of tetrazole rings is 1. The van der Waals surface area contributed by atoms with Crippen LogP contribution in [-0.2, 0) is 29.2 Å². The topological polar surface area (TPSA) is 123 Å². The van der Waals surface area contributed by atoms with Gasteiger partial charge in [0.25, 0.3) is 0 Å². The van der Waals surface area contributed by atoms with Gasteiger partial charge >= 0.3 is 6.03 Å². The van der Waals surface area contributed by atoms with Gasteiger partial charge in [-0.25, -0.2) is 4.79 Å². The van der Waals surface area contributed by atoms with Crippen LogP contribution in [0.3, 0.4) is 0 Å². The molecule has 3 N–H and O–H groups in total. The third-order valence-electron chi connectivity index (χ3n) is 9.19. The number of thioether (sulfide) groups is 1. The fourth-order valence-electron chi connectivity index (χ4n) is 6.26. The number of hydrogen-bond donors (Lipinski definition) is 3. The monoisotopic (exact) mass is 712 g/mol. The van der Waals surface area contributed by atoms with Crippen molar-refractivity contribution < 1.29 is 19.4 Å². The summed E-state index contributed by atoms with van der Waals surface area (Å²) in [5.41, 5.74) is 7.75. The van der Waals surface area contributed by atoms with E-state index in [2.05, 4.69) is 51.3 Å². The Balaban J connectivity index is 1.07. The predicted octanol–water partition coefficient (Wildman–Crippen LogP) is 7.40. The van der Waals surface area contributed by atoms with E-state index in [9.17, 15) is 9.90 Å². The van der Waals surface area contributed by atoms with Crippen molar-refractivity contribution in [2.45, 2.75) is 50.3 Å². The Bertz CT molecular complexity index is 2040. The summed E-state index contributed by atoms with van der Waals surface area (Å²) in [6, 6.07) is 43.6. The zero-order valence-corrected chi connectivity index (χ0v) is 29.5. The highest BCUT2D eigenvalue weighted by molar-refractivity contribution is 7.99. The minimum absolute atomic E-state index is 0.00771. The number of nitrogens with zero attached hydrogens (tertiary/aromatic N) is 4. The first kappa shape index (κ1) is 35.1. The average Bonchev–Trinajstić information content (AvgIpc) is 3.69. The standard InChI is InChI=1S/C41H40N6O4S/c1-28-37(27-52-41-44-45-46-47(41)35-13-6-3-7-14-35)50-39(51-38(28)32-18-16-30(26-48)17-19-32)33-22-20-31(21-23-33)36-15-9-8-12-34(36)25-43-40(49)42-24-29-10-4-2-5-11-29/h2-23,28,37-39,48H,24-27H2,1H3,(H2,42,43,49)/t28-,37+,38+,39+/m1/s1. The van der Waals surface area contributed by atoms with Crippen LogP contribution >= 0.6 is 11.8 Å². The first-order valence-electron chi connectivity index (χ1n) is 17.3. The molecular formula is C41H40N6O4S. The Kier molecular flexibility index (Phi) is 11.3. The molecule has 11 heteroatoms. The number of hydrogen-bond acceptors (Lipinski definition) is 8. The van der Waals surface area contributed by atoms with Gasteiger partial charge in [-0.15, -0.1) is 5.10 Å². The van der Waals surface area contributed by atoms with Crippen LogP contribution in [0.15, 0.2) is 139 Å². The Labute approximate surface area is 307 Å². The molecule has 7 rings (SSSR count). The second-order valence-electron chi connectivity index (χ2n) is 12.6. The molecule has 6 aromatic rings. The van der Waals surface area contributed by atoms with Crippen LogP contribution in [0.1, 0.15) is 47.1 Å². The first-order valence-corrected chi connectivity index (χ1v) is 18.3. The van der Waals surface area contributed by atoms with Crippen molar-refractivity contribution in [3.05, 3.63) is 161 Å². The van der Waals surface area contributed by atoms with E-state index in [1.807, 2.05) is 115 Å². The van der Waals surface area contributed by atoms with Gasteiger partial charge in [-0.3, -0.25) is 0 Å². The molecule has 0 bridgehead atoms. The van der Waals surface area contributed by atoms with Gasteiger partial charge in [-0.1, -0.05) is 140 Å². The highest BCUT2D eigenvalue weighted by atomic mass is 32.2. The van der Waals surface area contributed by atoms with Crippen molar-refractivity contribution in [1.29, 1.82) is 0 Å². The van der Waals surface area contributed by atoms with Crippen molar-refractivity contribution in [2.24, 2.45) is 5.92 Å². The molecule has 0 unspecified atom stereocenters. The Hall–Kier alpha value is -5.33. The second-order valence-corrected chi connectivity index (χ2v) is 13.6. The molecule has 2 heterocycles. The van der Waals surface area contributed by atoms with E-state index in [1.54, 1.807) is 16.4 Å². The number of urea groups is 1. The molecule has 4 atom stereocenters. The number of aliphatic hydroxyl groups is 1. The van der Waals surface area contributed by atoms with Crippen LogP contribution in [-0.4, -0.2) is 43.2 Å². The van der Waals surface area contributed by atoms with E-state index in [1.165, 1.54) is 0 Å². The summed E-state index contributed by atoms with van der Waals surface area (Å²) < 4.78 is 15.1. The molecular weight excluding hydrogens is 673 g/mol. The molecule has 0 aliphatic carbocycles. The molecule has 1 aromatic heterocycles. The highest BCUT2D eigenvalue weighted by Crippen LogP contribution is 2.43. The van der Waals surface area contributed by atoms with Gasteiger partial charge in [0, 0.05) is 30.3 Å². The number of carbonyl (C=O) groups is 1. The minimum atomic E-state index is -0.617. The quantitative estimate of drug-likeness (QED) is 0.112. The number of rotatable bonds is 12. The Morgan fingerprint density at radius 1 is 0.769 bits per heavy atom. The Morgan fingerprint density at radius 3 is 2.19 bits per heavy atom. The lowest BCUT2D eigenvalue weighted by Gasteiger charge is -2.41. The number of amides is 2. The molecule has 1 aliphatic heterocycles. The number of carbonyl (C=O) groups excluding carboxylic acids is 1. The number of benzene rings is 5. The van der Waals surface area contributed by atoms with Crippen molar-refractivity contribution in [3.8, 4) is 16.8 Å². The normalized spacial score (nSPS) is 18.5. The summed E-state index contributed by atoms with van der Waals surface area (Å²) in [7, 11) is 0. The van der Waals surface area contributed by atoms with E-state index in [0.29, 0.717) is 24.0 Å². The number of para-hydroxylation sites is 1. The van der Waals surface area contributed by atoms with Gasteiger partial charge in [-0.2, -0.15) is 4.68 Å². The first-order chi connectivity index (χ1) is 25.6. The molecule has 5 aromatic carbocycles. The lowest BCUT2D eigenvalue weighted by molar-refractivity contribution is -0.268. The van der Waals surface area contributed by atoms with E-state index in [4.69, 9.17) is 9.47 Å². The molecule has 52 heavy (non-hydrogen) atoms. The molecule has 2 amide bonds. The molecule has 0 radical (unpaired) electrons. The largest absolute Gasteiger partial charge is 0.392 e. The zero-order chi connectivity index (χ0) is 35.7. The number of ether oxygens (including phenoxy) is 2. The SMILES string of the molecule is C[C@@H]1[C@H](CSc2nnnn2-c2ccccc2)O[C@H](c2ccc(-c3ccccc3CNC(=O)NCc3ccccc3)cc2)O[C@@H]1c1ccc(CO)cc1. The predicted molar refractivity (Wildman–Crippen MR) is 200 cm³/mol. The number of aliphatic hydroxyl groups excluding tert-OH is 1. The second kappa shape index (κ2) is 16.8. The lowest BCUT2D eigenvalue weighted by atomic mass is 9.91. The molecule has 264 valence electrons. The van der Waals surface area contributed by atoms with E-state index < -0.39 is 6.29 Å². The van der Waals surface area contributed by atoms with Crippen LogP contribution < -0.4 is 10.6 Å². The maximum atomic E-state index is 12.6. The molecule has 1 fully saturated rings. The summed E-state index contributed by atoms with van der Waals surface area (Å²) in [5, 5.41) is 28.7. The lowest BCUT2D eigenvalue weighted by Crippen LogP contribution is -2.38. The zero-order valence-electron chi connectivity index (χ0n) is 28.7. The fraction of sp³-hybridized carbons (Fsp3) is 0.220. The van der Waals surface area contributed by atoms with Gasteiger partial charge in [0.2, 0.25) is 5.16 Å². The van der Waals surface area contributed by atoms with Gasteiger partial charge in [0.15, 0.2) is 6.29 Å². The molecule has 10 nitrogen and oxygen atoms in total. The van der Waals surface area contributed by atoms with Crippen LogP contribution in [0, 0.1) is 5.92 Å². The summed E-state index contributed by atoms with van der Waals surface area (Å²) in [5.74, 6) is 0.616. The number of nitrogens with one attached hydrogen (secondary N) is 2. The fourth-order valence-corrected chi connectivity index (χ4v) is 7.31. The summed E-state index contributed by atoms with van der Waals surface area (Å²) in [6.45, 7) is 2.97.